The van der Waals surface area contributed by atoms with E-state index in [1.54, 1.807) is 0 Å². The Morgan fingerprint density at radius 1 is 1.64 bits per heavy atom. The van der Waals surface area contributed by atoms with Gasteiger partial charge in [0.2, 0.25) is 0 Å². The van der Waals surface area contributed by atoms with E-state index in [1.807, 2.05) is 0 Å². The maximum Gasteiger partial charge on any atom is 0.320 e. The lowest BCUT2D eigenvalue weighted by Crippen LogP contribution is -2.45. The second-order valence-electron chi connectivity index (χ2n) is 2.98. The lowest BCUT2D eigenvalue weighted by Gasteiger charge is -2.26. The number of hydrogen-bond donors (Lipinski definition) is 3. The Labute approximate surface area is 65.8 Å². The first-order valence-electron chi connectivity index (χ1n) is 3.90. The van der Waals surface area contributed by atoms with Crippen LogP contribution in [0.5, 0.6) is 0 Å². The number of piperidine rings is 1. The summed E-state index contributed by atoms with van der Waals surface area (Å²) in [7, 11) is 0. The summed E-state index contributed by atoms with van der Waals surface area (Å²) in [6, 6.07) is -0.349. The Morgan fingerprint density at radius 3 is 2.73 bits per heavy atom. The van der Waals surface area contributed by atoms with Gasteiger partial charge in [-0.1, -0.05) is 0 Å². The van der Waals surface area contributed by atoms with E-state index in [0.717, 1.165) is 13.0 Å². The maximum atomic E-state index is 10.5. The number of hydrogen-bond acceptors (Lipinski definition) is 3. The number of carbonyl (C=O) groups is 1. The highest BCUT2D eigenvalue weighted by Crippen LogP contribution is 2.12. The first kappa shape index (κ1) is 8.49. The molecule has 1 aliphatic rings. The van der Waals surface area contributed by atoms with Crippen LogP contribution < -0.4 is 11.1 Å². The van der Waals surface area contributed by atoms with Crippen molar-refractivity contribution in [1.29, 1.82) is 0 Å². The zero-order valence-corrected chi connectivity index (χ0v) is 6.42. The zero-order chi connectivity index (χ0) is 8.27. The van der Waals surface area contributed by atoms with Gasteiger partial charge in [-0.05, 0) is 31.8 Å². The molecule has 1 fully saturated rings. The van der Waals surface area contributed by atoms with Gasteiger partial charge >= 0.3 is 5.97 Å². The second kappa shape index (κ2) is 3.69. The van der Waals surface area contributed by atoms with Crippen LogP contribution in [0, 0.1) is 5.92 Å². The summed E-state index contributed by atoms with van der Waals surface area (Å²) in [4.78, 5) is 10.5. The van der Waals surface area contributed by atoms with Gasteiger partial charge in [0, 0.05) is 0 Å². The number of carboxylic acid groups (broad SMARTS) is 1. The minimum atomic E-state index is -0.750. The maximum absolute atomic E-state index is 10.5. The van der Waals surface area contributed by atoms with Crippen molar-refractivity contribution in [3.8, 4) is 0 Å². The van der Waals surface area contributed by atoms with Crippen LogP contribution in [-0.4, -0.2) is 30.2 Å². The predicted molar refractivity (Wildman–Crippen MR) is 41.2 cm³/mol. The Balaban J connectivity index is 2.30. The molecule has 0 aromatic carbocycles. The van der Waals surface area contributed by atoms with Gasteiger partial charge in [0.25, 0.3) is 0 Å². The van der Waals surface area contributed by atoms with Gasteiger partial charge in [0.05, 0.1) is 0 Å². The number of carboxylic acids is 1. The van der Waals surface area contributed by atoms with Crippen LogP contribution >= 0.6 is 0 Å². The molecule has 0 bridgehead atoms. The normalized spacial score (nSPS) is 31.7. The van der Waals surface area contributed by atoms with Crippen LogP contribution in [0.3, 0.4) is 0 Å². The van der Waals surface area contributed by atoms with Crippen molar-refractivity contribution in [3.05, 3.63) is 0 Å². The molecule has 0 aromatic heterocycles. The number of rotatable bonds is 2. The highest BCUT2D eigenvalue weighted by Gasteiger charge is 2.23. The summed E-state index contributed by atoms with van der Waals surface area (Å²) in [6.45, 7) is 1.40. The van der Waals surface area contributed by atoms with Crippen molar-refractivity contribution in [2.24, 2.45) is 11.7 Å². The van der Waals surface area contributed by atoms with E-state index >= 15 is 0 Å². The molecular formula is C7H14N2O2. The molecule has 0 radical (unpaired) electrons. The van der Waals surface area contributed by atoms with E-state index in [0.29, 0.717) is 18.9 Å². The SMILES string of the molecule is NCC1CCC(C(=O)O)NC1. The first-order chi connectivity index (χ1) is 5.24. The van der Waals surface area contributed by atoms with Crippen LogP contribution in [0.15, 0.2) is 0 Å². The van der Waals surface area contributed by atoms with Gasteiger partial charge in [0.1, 0.15) is 6.04 Å². The Morgan fingerprint density at radius 2 is 2.36 bits per heavy atom. The fraction of sp³-hybridized carbons (Fsp3) is 0.857. The molecule has 11 heavy (non-hydrogen) atoms. The fourth-order valence-electron chi connectivity index (χ4n) is 1.33. The zero-order valence-electron chi connectivity index (χ0n) is 6.42. The smallest absolute Gasteiger partial charge is 0.320 e. The van der Waals surface area contributed by atoms with Crippen molar-refractivity contribution < 1.29 is 9.90 Å². The van der Waals surface area contributed by atoms with Crippen molar-refractivity contribution in [1.82, 2.24) is 5.32 Å². The second-order valence-corrected chi connectivity index (χ2v) is 2.98. The summed E-state index contributed by atoms with van der Waals surface area (Å²) in [5.41, 5.74) is 5.44. The van der Waals surface area contributed by atoms with E-state index in [1.165, 1.54) is 0 Å². The van der Waals surface area contributed by atoms with E-state index in [-0.39, 0.29) is 6.04 Å². The van der Waals surface area contributed by atoms with Gasteiger partial charge in [-0.25, -0.2) is 0 Å². The molecule has 2 unspecified atom stereocenters. The molecule has 2 atom stereocenters. The van der Waals surface area contributed by atoms with Crippen LogP contribution in [0.4, 0.5) is 0 Å². The molecule has 1 saturated heterocycles. The number of nitrogens with two attached hydrogens (primary N) is 1. The monoisotopic (exact) mass is 158 g/mol. The van der Waals surface area contributed by atoms with Crippen molar-refractivity contribution in [2.45, 2.75) is 18.9 Å². The van der Waals surface area contributed by atoms with Gasteiger partial charge in [-0.15, -0.1) is 0 Å². The Hall–Kier alpha value is -0.610. The number of aliphatic carboxylic acids is 1. The molecular weight excluding hydrogens is 144 g/mol. The van der Waals surface area contributed by atoms with Crippen LogP contribution in [0.2, 0.25) is 0 Å². The fourth-order valence-corrected chi connectivity index (χ4v) is 1.33. The van der Waals surface area contributed by atoms with Crippen LogP contribution in [-0.2, 0) is 4.79 Å². The molecule has 0 spiro atoms. The third-order valence-electron chi connectivity index (χ3n) is 2.15. The van der Waals surface area contributed by atoms with Crippen molar-refractivity contribution in [3.63, 3.8) is 0 Å². The van der Waals surface area contributed by atoms with E-state index in [2.05, 4.69) is 5.32 Å². The molecule has 4 nitrogen and oxygen atoms in total. The minimum Gasteiger partial charge on any atom is -0.480 e. The first-order valence-corrected chi connectivity index (χ1v) is 3.90. The summed E-state index contributed by atoms with van der Waals surface area (Å²) in [6.07, 6.45) is 1.64. The molecule has 0 aromatic rings. The lowest BCUT2D eigenvalue weighted by atomic mass is 9.95. The molecule has 4 N–H and O–H groups in total. The van der Waals surface area contributed by atoms with E-state index < -0.39 is 5.97 Å². The molecule has 0 aliphatic carbocycles. The predicted octanol–water partition coefficient (Wildman–Crippen LogP) is -0.602. The van der Waals surface area contributed by atoms with Gasteiger partial charge in [-0.2, -0.15) is 0 Å². The van der Waals surface area contributed by atoms with Gasteiger partial charge in [0.15, 0.2) is 0 Å². The average Bonchev–Trinajstić information content (AvgIpc) is 2.05. The van der Waals surface area contributed by atoms with Gasteiger partial charge in [-0.3, -0.25) is 4.79 Å². The quantitative estimate of drug-likeness (QED) is 0.501. The largest absolute Gasteiger partial charge is 0.480 e. The van der Waals surface area contributed by atoms with E-state index in [9.17, 15) is 4.79 Å². The standard InChI is InChI=1S/C7H14N2O2/c8-3-5-1-2-6(7(10)11)9-4-5/h5-6,9H,1-4,8H2,(H,10,11). The molecule has 64 valence electrons. The summed E-state index contributed by atoms with van der Waals surface area (Å²) < 4.78 is 0. The topological polar surface area (TPSA) is 75.4 Å². The molecule has 0 amide bonds. The third-order valence-corrected chi connectivity index (χ3v) is 2.15. The van der Waals surface area contributed by atoms with Gasteiger partial charge < -0.3 is 16.2 Å². The van der Waals surface area contributed by atoms with Crippen molar-refractivity contribution in [2.75, 3.05) is 13.1 Å². The lowest BCUT2D eigenvalue weighted by molar-refractivity contribution is -0.140. The molecule has 1 aliphatic heterocycles. The van der Waals surface area contributed by atoms with E-state index in [4.69, 9.17) is 10.8 Å². The summed E-state index contributed by atoms with van der Waals surface area (Å²) >= 11 is 0. The molecule has 1 heterocycles. The minimum absolute atomic E-state index is 0.349. The van der Waals surface area contributed by atoms with Crippen LogP contribution in [0.1, 0.15) is 12.8 Å². The highest BCUT2D eigenvalue weighted by molar-refractivity contribution is 5.73. The van der Waals surface area contributed by atoms with Crippen LogP contribution in [0.25, 0.3) is 0 Å². The Bertz CT molecular complexity index is 141. The average molecular weight is 158 g/mol. The summed E-state index contributed by atoms with van der Waals surface area (Å²) in [5, 5.41) is 11.5. The third kappa shape index (κ3) is 2.17. The number of nitrogens with one attached hydrogen (secondary N) is 1. The molecule has 1 rings (SSSR count). The highest BCUT2D eigenvalue weighted by atomic mass is 16.4. The van der Waals surface area contributed by atoms with Crippen molar-refractivity contribution >= 4 is 5.97 Å². The Kier molecular flexibility index (Phi) is 2.84. The summed E-state index contributed by atoms with van der Waals surface area (Å²) in [5.74, 6) is -0.286. The molecule has 4 heteroatoms. The molecule has 0 saturated carbocycles.